The number of hydrogen-bond donors (Lipinski definition) is 1. The van der Waals surface area contributed by atoms with Gasteiger partial charge in [0.25, 0.3) is 0 Å². The molecule has 1 heterocycles. The second-order valence-electron chi connectivity index (χ2n) is 6.52. The predicted octanol–water partition coefficient (Wildman–Crippen LogP) is 3.93. The Labute approximate surface area is 166 Å². The summed E-state index contributed by atoms with van der Waals surface area (Å²) in [6.45, 7) is 7.21. The highest BCUT2D eigenvalue weighted by molar-refractivity contribution is 5.94. The number of benzene rings is 2. The van der Waals surface area contributed by atoms with E-state index in [0.29, 0.717) is 19.2 Å². The van der Waals surface area contributed by atoms with Crippen molar-refractivity contribution in [2.24, 2.45) is 0 Å². The molecule has 0 aliphatic carbocycles. The molecule has 0 saturated heterocycles. The zero-order valence-corrected chi connectivity index (χ0v) is 16.6. The van der Waals surface area contributed by atoms with Gasteiger partial charge in [-0.25, -0.2) is 4.98 Å². The molecule has 0 atom stereocenters. The molecule has 0 aliphatic heterocycles. The molecule has 28 heavy (non-hydrogen) atoms. The van der Waals surface area contributed by atoms with E-state index in [1.807, 2.05) is 73.3 Å². The van der Waals surface area contributed by atoms with E-state index in [1.165, 1.54) is 0 Å². The van der Waals surface area contributed by atoms with Crippen molar-refractivity contribution < 1.29 is 9.53 Å². The molecule has 1 amide bonds. The predicted molar refractivity (Wildman–Crippen MR) is 114 cm³/mol. The molecule has 2 aromatic carbocycles. The summed E-state index contributed by atoms with van der Waals surface area (Å²) in [5.74, 6) is 0.513. The van der Waals surface area contributed by atoms with Crippen LogP contribution in [0.5, 0.6) is 0 Å². The van der Waals surface area contributed by atoms with Gasteiger partial charge >= 0.3 is 0 Å². The third-order valence-corrected chi connectivity index (χ3v) is 4.62. The van der Waals surface area contributed by atoms with Crippen LogP contribution < -0.4 is 10.2 Å². The number of ether oxygens (including phenoxy) is 1. The molecule has 0 bridgehead atoms. The monoisotopic (exact) mass is 380 g/mol. The van der Waals surface area contributed by atoms with Crippen molar-refractivity contribution in [3.8, 4) is 0 Å². The molecule has 0 fully saturated rings. The van der Waals surface area contributed by atoms with E-state index in [9.17, 15) is 4.79 Å². The number of para-hydroxylation sites is 3. The molecule has 0 unspecified atom stereocenters. The van der Waals surface area contributed by atoms with Gasteiger partial charge in [-0.05, 0) is 44.5 Å². The highest BCUT2D eigenvalue weighted by atomic mass is 16.5. The molecule has 6 nitrogen and oxygen atoms in total. The lowest BCUT2D eigenvalue weighted by atomic mass is 10.3. The Balaban J connectivity index is 1.74. The van der Waals surface area contributed by atoms with Gasteiger partial charge in [0.2, 0.25) is 11.9 Å². The van der Waals surface area contributed by atoms with Gasteiger partial charge in [-0.3, -0.25) is 10.1 Å². The Bertz CT molecular complexity index is 892. The smallest absolute Gasteiger partial charge is 0.246 e. The fraction of sp³-hybridized carbons (Fsp3) is 0.364. The first-order chi connectivity index (χ1) is 13.7. The zero-order valence-electron chi connectivity index (χ0n) is 16.6. The van der Waals surface area contributed by atoms with Crippen molar-refractivity contribution >= 4 is 28.6 Å². The molecule has 148 valence electrons. The lowest BCUT2D eigenvalue weighted by Crippen LogP contribution is -2.33. The third-order valence-electron chi connectivity index (χ3n) is 4.62. The largest absolute Gasteiger partial charge is 0.382 e. The Hall–Kier alpha value is -2.86. The summed E-state index contributed by atoms with van der Waals surface area (Å²) in [6.07, 6.45) is 0.863. The summed E-state index contributed by atoms with van der Waals surface area (Å²) in [6, 6.07) is 17.9. The van der Waals surface area contributed by atoms with Crippen LogP contribution in [0.3, 0.4) is 0 Å². The van der Waals surface area contributed by atoms with E-state index in [1.54, 1.807) is 0 Å². The number of aromatic nitrogens is 2. The first-order valence-electron chi connectivity index (χ1n) is 9.85. The molecular weight excluding hydrogens is 352 g/mol. The lowest BCUT2D eigenvalue weighted by molar-refractivity contribution is -0.115. The minimum Gasteiger partial charge on any atom is -0.382 e. The number of carbonyl (C=O) groups excluding carboxylic acids is 1. The molecule has 0 spiro atoms. The highest BCUT2D eigenvalue weighted by Crippen LogP contribution is 2.20. The second kappa shape index (κ2) is 9.90. The van der Waals surface area contributed by atoms with E-state index in [2.05, 4.69) is 14.9 Å². The first-order valence-corrected chi connectivity index (χ1v) is 9.85. The third kappa shape index (κ3) is 4.89. The van der Waals surface area contributed by atoms with E-state index >= 15 is 0 Å². The van der Waals surface area contributed by atoms with Crippen LogP contribution in [-0.2, 0) is 16.1 Å². The molecular formula is C22H28N4O2. The zero-order chi connectivity index (χ0) is 19.8. The topological polar surface area (TPSA) is 59.4 Å². The number of nitrogens with one attached hydrogen (secondary N) is 1. The van der Waals surface area contributed by atoms with Gasteiger partial charge in [0.1, 0.15) is 0 Å². The van der Waals surface area contributed by atoms with Crippen LogP contribution in [0.25, 0.3) is 11.0 Å². The number of imidazole rings is 1. The summed E-state index contributed by atoms with van der Waals surface area (Å²) in [5, 5.41) is 3.01. The highest BCUT2D eigenvalue weighted by Gasteiger charge is 2.15. The SMILES string of the molecule is CCOCCCn1c(NC(=O)CN(CC)c2ccccc2)nc2ccccc21. The number of carbonyl (C=O) groups is 1. The van der Waals surface area contributed by atoms with Gasteiger partial charge in [-0.2, -0.15) is 0 Å². The van der Waals surface area contributed by atoms with Crippen molar-refractivity contribution in [1.82, 2.24) is 9.55 Å². The van der Waals surface area contributed by atoms with Gasteiger partial charge in [0, 0.05) is 32.0 Å². The van der Waals surface area contributed by atoms with Crippen molar-refractivity contribution in [2.45, 2.75) is 26.8 Å². The molecule has 1 N–H and O–H groups in total. The number of anilines is 2. The van der Waals surface area contributed by atoms with E-state index in [0.717, 1.165) is 36.2 Å². The summed E-state index contributed by atoms with van der Waals surface area (Å²) in [7, 11) is 0. The molecule has 0 radical (unpaired) electrons. The van der Waals surface area contributed by atoms with Gasteiger partial charge in [0.05, 0.1) is 17.6 Å². The molecule has 3 aromatic rings. The van der Waals surface area contributed by atoms with Crippen LogP contribution in [0, 0.1) is 0 Å². The molecule has 1 aromatic heterocycles. The normalized spacial score (nSPS) is 10.9. The number of nitrogens with zero attached hydrogens (tertiary/aromatic N) is 3. The number of hydrogen-bond acceptors (Lipinski definition) is 4. The van der Waals surface area contributed by atoms with Gasteiger partial charge in [-0.1, -0.05) is 30.3 Å². The number of rotatable bonds is 10. The van der Waals surface area contributed by atoms with Gasteiger partial charge in [-0.15, -0.1) is 0 Å². The van der Waals surface area contributed by atoms with Crippen molar-refractivity contribution in [1.29, 1.82) is 0 Å². The van der Waals surface area contributed by atoms with E-state index in [4.69, 9.17) is 4.74 Å². The van der Waals surface area contributed by atoms with Crippen LogP contribution in [0.1, 0.15) is 20.3 Å². The van der Waals surface area contributed by atoms with Crippen molar-refractivity contribution in [3.05, 3.63) is 54.6 Å². The number of likely N-dealkylation sites (N-methyl/N-ethyl adjacent to an activating group) is 1. The fourth-order valence-electron chi connectivity index (χ4n) is 3.23. The van der Waals surface area contributed by atoms with Crippen molar-refractivity contribution in [3.63, 3.8) is 0 Å². The maximum absolute atomic E-state index is 12.7. The summed E-state index contributed by atoms with van der Waals surface area (Å²) >= 11 is 0. The molecule has 0 aliphatic rings. The standard InChI is InChI=1S/C22H28N4O2/c1-3-25(18-11-6-5-7-12-18)17-21(27)24-22-23-19-13-8-9-14-20(19)26(22)15-10-16-28-4-2/h5-9,11-14H,3-4,10,15-17H2,1-2H3,(H,23,24,27). The lowest BCUT2D eigenvalue weighted by Gasteiger charge is -2.22. The van der Waals surface area contributed by atoms with Gasteiger partial charge < -0.3 is 14.2 Å². The fourth-order valence-corrected chi connectivity index (χ4v) is 3.23. The van der Waals surface area contributed by atoms with E-state index < -0.39 is 0 Å². The van der Waals surface area contributed by atoms with Gasteiger partial charge in [0.15, 0.2) is 0 Å². The maximum atomic E-state index is 12.7. The minimum absolute atomic E-state index is 0.0768. The van der Waals surface area contributed by atoms with Crippen LogP contribution in [0.15, 0.2) is 54.6 Å². The summed E-state index contributed by atoms with van der Waals surface area (Å²) in [4.78, 5) is 19.4. The van der Waals surface area contributed by atoms with Crippen LogP contribution in [0.2, 0.25) is 0 Å². The molecule has 0 saturated carbocycles. The van der Waals surface area contributed by atoms with Crippen LogP contribution >= 0.6 is 0 Å². The maximum Gasteiger partial charge on any atom is 0.246 e. The van der Waals surface area contributed by atoms with Crippen molar-refractivity contribution in [2.75, 3.05) is 36.5 Å². The summed E-state index contributed by atoms with van der Waals surface area (Å²) < 4.78 is 7.51. The molecule has 6 heteroatoms. The summed E-state index contributed by atoms with van der Waals surface area (Å²) in [5.41, 5.74) is 2.93. The number of aryl methyl sites for hydroxylation is 1. The molecule has 3 rings (SSSR count). The Morgan fingerprint density at radius 3 is 2.61 bits per heavy atom. The first kappa shape index (κ1) is 19.9. The van der Waals surface area contributed by atoms with Crippen LogP contribution in [0.4, 0.5) is 11.6 Å². The Kier molecular flexibility index (Phi) is 7.03. The minimum atomic E-state index is -0.0768. The number of amides is 1. The Morgan fingerprint density at radius 2 is 1.86 bits per heavy atom. The second-order valence-corrected chi connectivity index (χ2v) is 6.52. The Morgan fingerprint density at radius 1 is 1.11 bits per heavy atom. The average Bonchev–Trinajstić information content (AvgIpc) is 3.07. The quantitative estimate of drug-likeness (QED) is 0.542. The van der Waals surface area contributed by atoms with E-state index in [-0.39, 0.29) is 12.5 Å². The van der Waals surface area contributed by atoms with Crippen LogP contribution in [-0.4, -0.2) is 41.8 Å². The average molecular weight is 380 g/mol. The number of fused-ring (bicyclic) bond motifs is 1.